The molecule has 5 heteroatoms. The van der Waals surface area contributed by atoms with Crippen LogP contribution in [0.1, 0.15) is 56.7 Å². The van der Waals surface area contributed by atoms with Gasteiger partial charge in [0.1, 0.15) is 0 Å². The van der Waals surface area contributed by atoms with Crippen LogP contribution in [0.15, 0.2) is 24.3 Å². The first kappa shape index (κ1) is 17.3. The highest BCUT2D eigenvalue weighted by molar-refractivity contribution is 5.77. The van der Waals surface area contributed by atoms with E-state index in [9.17, 15) is 9.59 Å². The summed E-state index contributed by atoms with van der Waals surface area (Å²) in [4.78, 5) is 25.1. The number of rotatable bonds is 4. The van der Waals surface area contributed by atoms with Crippen molar-refractivity contribution in [2.24, 2.45) is 5.92 Å². The lowest BCUT2D eigenvalue weighted by Gasteiger charge is -2.31. The summed E-state index contributed by atoms with van der Waals surface area (Å²) >= 11 is 0. The number of piperidine rings is 1. The number of carboxylic acids is 1. The Labute approximate surface area is 137 Å². The second-order valence-electron chi connectivity index (χ2n) is 6.62. The Bertz CT molecular complexity index is 554. The average molecular weight is 318 g/mol. The zero-order valence-electron chi connectivity index (χ0n) is 14.1. The van der Waals surface area contributed by atoms with E-state index in [0.717, 1.165) is 12.0 Å². The molecule has 0 aromatic heterocycles. The summed E-state index contributed by atoms with van der Waals surface area (Å²) in [5.74, 6) is -0.787. The molecule has 0 aliphatic carbocycles. The lowest BCUT2D eigenvalue weighted by molar-refractivity contribution is -0.143. The van der Waals surface area contributed by atoms with E-state index in [4.69, 9.17) is 5.11 Å². The van der Waals surface area contributed by atoms with Gasteiger partial charge in [-0.2, -0.15) is 0 Å². The maximum Gasteiger partial charge on any atom is 0.317 e. The van der Waals surface area contributed by atoms with E-state index in [1.165, 1.54) is 5.56 Å². The smallest absolute Gasteiger partial charge is 0.317 e. The number of likely N-dealkylation sites (tertiary alicyclic amines) is 1. The molecule has 0 spiro atoms. The molecule has 2 rings (SSSR count). The van der Waals surface area contributed by atoms with Crippen LogP contribution < -0.4 is 5.32 Å². The number of amides is 2. The normalized spacial score (nSPS) is 19.5. The topological polar surface area (TPSA) is 69.6 Å². The van der Waals surface area contributed by atoms with E-state index in [0.29, 0.717) is 25.4 Å². The summed E-state index contributed by atoms with van der Waals surface area (Å²) in [6.07, 6.45) is 1.38. The lowest BCUT2D eigenvalue weighted by Crippen LogP contribution is -2.47. The molecule has 5 nitrogen and oxygen atoms in total. The fourth-order valence-corrected chi connectivity index (χ4v) is 2.89. The largest absolute Gasteiger partial charge is 0.481 e. The predicted molar refractivity (Wildman–Crippen MR) is 89.4 cm³/mol. The van der Waals surface area contributed by atoms with Crippen molar-refractivity contribution in [2.45, 2.75) is 45.6 Å². The van der Waals surface area contributed by atoms with E-state index < -0.39 is 11.9 Å². The second-order valence-corrected chi connectivity index (χ2v) is 6.62. The molecule has 2 unspecified atom stereocenters. The number of carbonyl (C=O) groups is 2. The van der Waals surface area contributed by atoms with Crippen molar-refractivity contribution >= 4 is 12.0 Å². The molecule has 1 aromatic rings. The molecular formula is C18H26N2O3. The van der Waals surface area contributed by atoms with Gasteiger partial charge in [0.15, 0.2) is 0 Å². The van der Waals surface area contributed by atoms with Gasteiger partial charge in [-0.15, -0.1) is 0 Å². The van der Waals surface area contributed by atoms with E-state index >= 15 is 0 Å². The summed E-state index contributed by atoms with van der Waals surface area (Å²) in [7, 11) is 0. The van der Waals surface area contributed by atoms with Crippen molar-refractivity contribution in [3.8, 4) is 0 Å². The number of benzene rings is 1. The Morgan fingerprint density at radius 1 is 1.17 bits per heavy atom. The molecule has 1 heterocycles. The zero-order valence-corrected chi connectivity index (χ0v) is 14.1. The molecule has 1 aliphatic heterocycles. The van der Waals surface area contributed by atoms with E-state index in [1.54, 1.807) is 4.90 Å². The minimum absolute atomic E-state index is 0.103. The van der Waals surface area contributed by atoms with Gasteiger partial charge in [0.2, 0.25) is 0 Å². The molecule has 126 valence electrons. The first-order chi connectivity index (χ1) is 10.9. The fraction of sp³-hybridized carbons (Fsp3) is 0.556. The van der Waals surface area contributed by atoms with Gasteiger partial charge in [-0.25, -0.2) is 4.79 Å². The highest BCUT2D eigenvalue weighted by Gasteiger charge is 2.28. The Morgan fingerprint density at radius 3 is 2.35 bits per heavy atom. The van der Waals surface area contributed by atoms with Crippen molar-refractivity contribution in [3.63, 3.8) is 0 Å². The Balaban J connectivity index is 1.95. The highest BCUT2D eigenvalue weighted by atomic mass is 16.4. The van der Waals surface area contributed by atoms with Crippen molar-refractivity contribution in [2.75, 3.05) is 13.1 Å². The summed E-state index contributed by atoms with van der Waals surface area (Å²) in [5.41, 5.74) is 2.32. The van der Waals surface area contributed by atoms with Gasteiger partial charge in [0, 0.05) is 13.1 Å². The number of carboxylic acid groups (broad SMARTS) is 1. The number of aliphatic carboxylic acids is 1. The van der Waals surface area contributed by atoms with Gasteiger partial charge in [0.05, 0.1) is 12.0 Å². The van der Waals surface area contributed by atoms with Crippen molar-refractivity contribution < 1.29 is 14.7 Å². The Kier molecular flexibility index (Phi) is 5.64. The van der Waals surface area contributed by atoms with Crippen LogP contribution in [-0.4, -0.2) is 35.1 Å². The quantitative estimate of drug-likeness (QED) is 0.894. The maximum absolute atomic E-state index is 12.3. The minimum Gasteiger partial charge on any atom is -0.481 e. The van der Waals surface area contributed by atoms with Crippen molar-refractivity contribution in [1.29, 1.82) is 0 Å². The standard InChI is InChI=1S/C18H26N2O3/c1-12(2)14-6-8-15(9-7-14)13(3)19-18(23)20-10-4-5-16(11-20)17(21)22/h6-9,12-13,16H,4-5,10-11H2,1-3H3,(H,19,23)(H,21,22). The van der Waals surface area contributed by atoms with Gasteiger partial charge >= 0.3 is 12.0 Å². The van der Waals surface area contributed by atoms with Crippen LogP contribution in [0.5, 0.6) is 0 Å². The van der Waals surface area contributed by atoms with Gasteiger partial charge in [0.25, 0.3) is 0 Å². The molecule has 1 aliphatic rings. The van der Waals surface area contributed by atoms with Gasteiger partial charge in [-0.3, -0.25) is 4.79 Å². The van der Waals surface area contributed by atoms with E-state index in [1.807, 2.05) is 19.1 Å². The Hall–Kier alpha value is -2.04. The number of urea groups is 1. The van der Waals surface area contributed by atoms with Crippen molar-refractivity contribution in [3.05, 3.63) is 35.4 Å². The van der Waals surface area contributed by atoms with Crippen LogP contribution in [0.2, 0.25) is 0 Å². The SMILES string of the molecule is CC(C)c1ccc(C(C)NC(=O)N2CCCC(C(=O)O)C2)cc1. The van der Waals surface area contributed by atoms with Gasteiger partial charge in [-0.05, 0) is 36.8 Å². The molecular weight excluding hydrogens is 292 g/mol. The molecule has 2 amide bonds. The first-order valence-corrected chi connectivity index (χ1v) is 8.26. The predicted octanol–water partition coefficient (Wildman–Crippen LogP) is 3.38. The third-order valence-corrected chi connectivity index (χ3v) is 4.50. The average Bonchev–Trinajstić information content (AvgIpc) is 2.54. The summed E-state index contributed by atoms with van der Waals surface area (Å²) < 4.78 is 0. The van der Waals surface area contributed by atoms with Gasteiger partial charge < -0.3 is 15.3 Å². The molecule has 23 heavy (non-hydrogen) atoms. The molecule has 0 saturated carbocycles. The highest BCUT2D eigenvalue weighted by Crippen LogP contribution is 2.20. The number of hydrogen-bond donors (Lipinski definition) is 2. The molecule has 2 atom stereocenters. The monoisotopic (exact) mass is 318 g/mol. The minimum atomic E-state index is -0.820. The number of hydrogen-bond acceptors (Lipinski definition) is 2. The van der Waals surface area contributed by atoms with E-state index in [-0.39, 0.29) is 12.1 Å². The third-order valence-electron chi connectivity index (χ3n) is 4.50. The number of nitrogens with zero attached hydrogens (tertiary/aromatic N) is 1. The summed E-state index contributed by atoms with van der Waals surface area (Å²) in [6.45, 7) is 7.15. The van der Waals surface area contributed by atoms with Crippen LogP contribution >= 0.6 is 0 Å². The van der Waals surface area contributed by atoms with Crippen LogP contribution in [-0.2, 0) is 4.79 Å². The molecule has 1 fully saturated rings. The first-order valence-electron chi connectivity index (χ1n) is 8.26. The Morgan fingerprint density at radius 2 is 1.78 bits per heavy atom. The van der Waals surface area contributed by atoms with Crippen LogP contribution in [0.4, 0.5) is 4.79 Å². The molecule has 0 radical (unpaired) electrons. The number of nitrogens with one attached hydrogen (secondary N) is 1. The second kappa shape index (κ2) is 7.49. The van der Waals surface area contributed by atoms with Crippen LogP contribution in [0.25, 0.3) is 0 Å². The molecule has 1 aromatic carbocycles. The van der Waals surface area contributed by atoms with E-state index in [2.05, 4.69) is 31.3 Å². The number of carbonyl (C=O) groups excluding carboxylic acids is 1. The van der Waals surface area contributed by atoms with Crippen LogP contribution in [0.3, 0.4) is 0 Å². The zero-order chi connectivity index (χ0) is 17.0. The van der Waals surface area contributed by atoms with Gasteiger partial charge in [-0.1, -0.05) is 38.1 Å². The third kappa shape index (κ3) is 4.47. The summed E-state index contributed by atoms with van der Waals surface area (Å²) in [6, 6.07) is 7.96. The maximum atomic E-state index is 12.3. The lowest BCUT2D eigenvalue weighted by atomic mass is 9.98. The summed E-state index contributed by atoms with van der Waals surface area (Å²) in [5, 5.41) is 12.1. The molecule has 2 N–H and O–H groups in total. The fourth-order valence-electron chi connectivity index (χ4n) is 2.89. The molecule has 1 saturated heterocycles. The molecule has 0 bridgehead atoms. The van der Waals surface area contributed by atoms with Crippen molar-refractivity contribution in [1.82, 2.24) is 10.2 Å². The van der Waals surface area contributed by atoms with Crippen LogP contribution in [0, 0.1) is 5.92 Å².